The first-order valence-corrected chi connectivity index (χ1v) is 7.79. The summed E-state index contributed by atoms with van der Waals surface area (Å²) < 4.78 is 1.87. The highest BCUT2D eigenvalue weighted by Crippen LogP contribution is 2.27. The number of piperazine rings is 1. The summed E-state index contributed by atoms with van der Waals surface area (Å²) in [6.07, 6.45) is 5.07. The molecule has 0 saturated carbocycles. The van der Waals surface area contributed by atoms with E-state index in [9.17, 15) is 0 Å². The summed E-state index contributed by atoms with van der Waals surface area (Å²) in [5, 5.41) is 4.32. The van der Waals surface area contributed by atoms with E-state index in [4.69, 9.17) is 5.73 Å². The second kappa shape index (κ2) is 6.70. The van der Waals surface area contributed by atoms with Gasteiger partial charge in [-0.25, -0.2) is 0 Å². The van der Waals surface area contributed by atoms with Gasteiger partial charge in [-0.05, 0) is 19.9 Å². The smallest absolute Gasteiger partial charge is 0.0538 e. The minimum Gasteiger partial charge on any atom is -0.326 e. The van der Waals surface area contributed by atoms with Gasteiger partial charge < -0.3 is 5.73 Å². The molecule has 1 aliphatic rings. The van der Waals surface area contributed by atoms with E-state index in [1.165, 1.54) is 5.56 Å². The molecule has 1 saturated heterocycles. The Bertz CT molecular complexity index is 416. The molecule has 1 aromatic heterocycles. The zero-order chi connectivity index (χ0) is 14.7. The maximum atomic E-state index is 6.41. The Kier molecular flexibility index (Phi) is 5.18. The molecular formula is C15H29N5. The maximum absolute atomic E-state index is 6.41. The van der Waals surface area contributed by atoms with Crippen LogP contribution in [0.2, 0.25) is 0 Å². The van der Waals surface area contributed by atoms with Crippen molar-refractivity contribution in [3.05, 3.63) is 18.0 Å². The third kappa shape index (κ3) is 3.22. The van der Waals surface area contributed by atoms with Crippen molar-refractivity contribution < 1.29 is 0 Å². The van der Waals surface area contributed by atoms with Crippen LogP contribution in [0.3, 0.4) is 0 Å². The van der Waals surface area contributed by atoms with Crippen LogP contribution in [0, 0.1) is 0 Å². The first-order valence-electron chi connectivity index (χ1n) is 7.79. The molecule has 2 rings (SSSR count). The summed E-state index contributed by atoms with van der Waals surface area (Å²) in [4.78, 5) is 5.08. The number of aryl methyl sites for hydroxylation is 1. The highest BCUT2D eigenvalue weighted by atomic mass is 15.3. The Hall–Kier alpha value is -0.910. The molecule has 5 nitrogen and oxygen atoms in total. The van der Waals surface area contributed by atoms with Crippen LogP contribution in [-0.4, -0.2) is 57.8 Å². The Morgan fingerprint density at radius 1 is 1.40 bits per heavy atom. The van der Waals surface area contributed by atoms with Gasteiger partial charge in [-0.2, -0.15) is 5.10 Å². The van der Waals surface area contributed by atoms with Gasteiger partial charge in [0.15, 0.2) is 0 Å². The Morgan fingerprint density at radius 2 is 2.15 bits per heavy atom. The lowest BCUT2D eigenvalue weighted by molar-refractivity contribution is 0.0493. The van der Waals surface area contributed by atoms with Gasteiger partial charge >= 0.3 is 0 Å². The van der Waals surface area contributed by atoms with Gasteiger partial charge in [-0.3, -0.25) is 14.5 Å². The molecule has 0 bridgehead atoms. The fourth-order valence-electron chi connectivity index (χ4n) is 3.29. The molecule has 0 radical (unpaired) electrons. The number of rotatable bonds is 5. The first-order chi connectivity index (χ1) is 9.56. The summed E-state index contributed by atoms with van der Waals surface area (Å²) in [5.41, 5.74) is 7.66. The van der Waals surface area contributed by atoms with E-state index in [1.807, 2.05) is 17.9 Å². The number of aromatic nitrogens is 2. The van der Waals surface area contributed by atoms with Crippen LogP contribution in [0.5, 0.6) is 0 Å². The molecule has 114 valence electrons. The van der Waals surface area contributed by atoms with Crippen LogP contribution >= 0.6 is 0 Å². The number of nitrogens with zero attached hydrogens (tertiary/aromatic N) is 4. The maximum Gasteiger partial charge on any atom is 0.0538 e. The van der Waals surface area contributed by atoms with Crippen LogP contribution in [0.4, 0.5) is 0 Å². The highest BCUT2D eigenvalue weighted by molar-refractivity contribution is 5.14. The van der Waals surface area contributed by atoms with Crippen molar-refractivity contribution in [3.63, 3.8) is 0 Å². The lowest BCUT2D eigenvalue weighted by atomic mass is 9.97. The van der Waals surface area contributed by atoms with Gasteiger partial charge in [0.25, 0.3) is 0 Å². The van der Waals surface area contributed by atoms with Gasteiger partial charge in [0, 0.05) is 50.5 Å². The highest BCUT2D eigenvalue weighted by Gasteiger charge is 2.32. The third-order valence-electron chi connectivity index (χ3n) is 4.54. The molecule has 5 heteroatoms. The number of likely N-dealkylation sites (N-methyl/N-ethyl adjacent to an activating group) is 1. The third-order valence-corrected chi connectivity index (χ3v) is 4.54. The fourth-order valence-corrected chi connectivity index (χ4v) is 3.29. The lowest BCUT2D eigenvalue weighted by Gasteiger charge is -2.44. The number of hydrogen-bond donors (Lipinski definition) is 1. The van der Waals surface area contributed by atoms with E-state index >= 15 is 0 Å². The molecule has 20 heavy (non-hydrogen) atoms. The zero-order valence-corrected chi connectivity index (χ0v) is 13.3. The van der Waals surface area contributed by atoms with Gasteiger partial charge in [-0.15, -0.1) is 0 Å². The predicted octanol–water partition coefficient (Wildman–Crippen LogP) is 1.22. The lowest BCUT2D eigenvalue weighted by Crippen LogP contribution is -2.55. The van der Waals surface area contributed by atoms with Crippen molar-refractivity contribution >= 4 is 0 Å². The van der Waals surface area contributed by atoms with Crippen molar-refractivity contribution in [1.29, 1.82) is 0 Å². The van der Waals surface area contributed by atoms with Crippen LogP contribution in [-0.2, 0) is 7.05 Å². The monoisotopic (exact) mass is 279 g/mol. The SMILES string of the molecule is CCC(N)C(c1cnn(C)c1)N1CCN(CC)C(C)C1. The van der Waals surface area contributed by atoms with Crippen molar-refractivity contribution in [1.82, 2.24) is 19.6 Å². The van der Waals surface area contributed by atoms with Crippen molar-refractivity contribution in [2.75, 3.05) is 26.2 Å². The number of nitrogens with two attached hydrogens (primary N) is 1. The molecular weight excluding hydrogens is 250 g/mol. The minimum absolute atomic E-state index is 0.166. The summed E-state index contributed by atoms with van der Waals surface area (Å²) in [6.45, 7) is 11.2. The molecule has 2 N–H and O–H groups in total. The van der Waals surface area contributed by atoms with Crippen molar-refractivity contribution in [3.8, 4) is 0 Å². The van der Waals surface area contributed by atoms with Crippen LogP contribution in [0.15, 0.2) is 12.4 Å². The van der Waals surface area contributed by atoms with E-state index in [1.54, 1.807) is 0 Å². The molecule has 1 fully saturated rings. The fraction of sp³-hybridized carbons (Fsp3) is 0.800. The van der Waals surface area contributed by atoms with Gasteiger partial charge in [0.2, 0.25) is 0 Å². The molecule has 0 spiro atoms. The van der Waals surface area contributed by atoms with E-state index in [2.05, 4.69) is 41.9 Å². The van der Waals surface area contributed by atoms with Crippen molar-refractivity contribution in [2.24, 2.45) is 12.8 Å². The Balaban J connectivity index is 2.16. The molecule has 0 aliphatic carbocycles. The van der Waals surface area contributed by atoms with E-state index in [-0.39, 0.29) is 12.1 Å². The molecule has 0 amide bonds. The quantitative estimate of drug-likeness (QED) is 0.880. The zero-order valence-electron chi connectivity index (χ0n) is 13.3. The normalized spacial score (nSPS) is 24.8. The van der Waals surface area contributed by atoms with E-state index in [0.717, 1.165) is 32.6 Å². The molecule has 0 aromatic carbocycles. The predicted molar refractivity (Wildman–Crippen MR) is 82.5 cm³/mol. The Labute approximate surface area is 122 Å². The van der Waals surface area contributed by atoms with E-state index in [0.29, 0.717) is 6.04 Å². The van der Waals surface area contributed by atoms with Crippen molar-refractivity contribution in [2.45, 2.75) is 45.3 Å². The minimum atomic E-state index is 0.166. The average molecular weight is 279 g/mol. The summed E-state index contributed by atoms with van der Waals surface area (Å²) >= 11 is 0. The molecule has 3 unspecified atom stereocenters. The second-order valence-corrected chi connectivity index (χ2v) is 5.94. The van der Waals surface area contributed by atoms with Gasteiger partial charge in [0.1, 0.15) is 0 Å². The van der Waals surface area contributed by atoms with Gasteiger partial charge in [0.05, 0.1) is 12.2 Å². The number of hydrogen-bond acceptors (Lipinski definition) is 4. The van der Waals surface area contributed by atoms with Crippen LogP contribution < -0.4 is 5.73 Å². The Morgan fingerprint density at radius 3 is 2.65 bits per heavy atom. The largest absolute Gasteiger partial charge is 0.326 e. The molecule has 1 aromatic rings. The van der Waals surface area contributed by atoms with Gasteiger partial charge in [-0.1, -0.05) is 13.8 Å². The first kappa shape index (κ1) is 15.5. The standard InChI is InChI=1S/C15H29N5/c1-5-14(16)15(13-9-17-18(4)11-13)20-8-7-19(6-2)12(3)10-20/h9,11-12,14-15H,5-8,10,16H2,1-4H3. The summed E-state index contributed by atoms with van der Waals surface area (Å²) in [6, 6.07) is 1.05. The van der Waals surface area contributed by atoms with Crippen LogP contribution in [0.25, 0.3) is 0 Å². The second-order valence-electron chi connectivity index (χ2n) is 5.94. The van der Waals surface area contributed by atoms with E-state index < -0.39 is 0 Å². The molecule has 3 atom stereocenters. The molecule has 1 aliphatic heterocycles. The van der Waals surface area contributed by atoms with Crippen LogP contribution in [0.1, 0.15) is 38.8 Å². The topological polar surface area (TPSA) is 50.3 Å². The molecule has 2 heterocycles. The summed E-state index contributed by atoms with van der Waals surface area (Å²) in [7, 11) is 1.97. The summed E-state index contributed by atoms with van der Waals surface area (Å²) in [5.74, 6) is 0. The average Bonchev–Trinajstić information content (AvgIpc) is 2.85.